The van der Waals surface area contributed by atoms with Crippen LogP contribution in [0.1, 0.15) is 24.0 Å². The molecule has 2 aromatic rings. The number of benzene rings is 2. The zero-order valence-electron chi connectivity index (χ0n) is 16.2. The van der Waals surface area contributed by atoms with E-state index in [1.165, 1.54) is 11.1 Å². The van der Waals surface area contributed by atoms with Gasteiger partial charge in [-0.15, -0.1) is 0 Å². The van der Waals surface area contributed by atoms with E-state index >= 15 is 0 Å². The number of nitrogens with two attached hydrogens (primary N) is 1. The molecule has 2 aliphatic rings. The number of rotatable bonds is 3. The molecular weight excluding hydrogens is 372 g/mol. The van der Waals surface area contributed by atoms with E-state index in [4.69, 9.17) is 17.3 Å². The fourth-order valence-electron chi connectivity index (χ4n) is 3.54. The van der Waals surface area contributed by atoms with Crippen LogP contribution in [-0.4, -0.2) is 36.2 Å². The van der Waals surface area contributed by atoms with Crippen LogP contribution in [0.2, 0.25) is 5.02 Å². The van der Waals surface area contributed by atoms with Gasteiger partial charge in [0.05, 0.1) is 0 Å². The van der Waals surface area contributed by atoms with Gasteiger partial charge in [-0.05, 0) is 74.2 Å². The summed E-state index contributed by atoms with van der Waals surface area (Å²) in [6.45, 7) is 6.18. The standard InChI is InChI=1S/C21H25ClN6/c1-14-5-10-18(13-15(14)2)28-20(24-17-8-6-16(22)7-9-17)25-19(23)26-21(28)27-11-3-4-12-27/h5-10,13,20,24H,3-4,11-12H2,1-2H3,(H2,23,25). The zero-order valence-corrected chi connectivity index (χ0v) is 16.9. The number of hydrogen-bond acceptors (Lipinski definition) is 6. The van der Waals surface area contributed by atoms with Gasteiger partial charge in [0.2, 0.25) is 18.2 Å². The van der Waals surface area contributed by atoms with E-state index in [2.05, 4.69) is 57.1 Å². The van der Waals surface area contributed by atoms with Gasteiger partial charge in [-0.1, -0.05) is 17.7 Å². The summed E-state index contributed by atoms with van der Waals surface area (Å²) in [6, 6.07) is 14.0. The van der Waals surface area contributed by atoms with Crippen LogP contribution in [0.5, 0.6) is 0 Å². The Hall–Kier alpha value is -2.73. The Morgan fingerprint density at radius 2 is 1.75 bits per heavy atom. The van der Waals surface area contributed by atoms with Crippen molar-refractivity contribution in [2.75, 3.05) is 23.3 Å². The molecule has 28 heavy (non-hydrogen) atoms. The lowest BCUT2D eigenvalue weighted by Gasteiger charge is -2.38. The third-order valence-electron chi connectivity index (χ3n) is 5.23. The lowest BCUT2D eigenvalue weighted by atomic mass is 10.1. The van der Waals surface area contributed by atoms with Gasteiger partial charge < -0.3 is 16.0 Å². The molecule has 2 aliphatic heterocycles. The molecule has 1 saturated heterocycles. The van der Waals surface area contributed by atoms with E-state index < -0.39 is 6.29 Å². The molecule has 146 valence electrons. The van der Waals surface area contributed by atoms with Crippen LogP contribution < -0.4 is 16.0 Å². The van der Waals surface area contributed by atoms with E-state index in [9.17, 15) is 0 Å². The lowest BCUT2D eigenvalue weighted by Crippen LogP contribution is -2.54. The number of nitrogens with zero attached hydrogens (tertiary/aromatic N) is 4. The van der Waals surface area contributed by atoms with Crippen molar-refractivity contribution >= 4 is 34.9 Å². The summed E-state index contributed by atoms with van der Waals surface area (Å²) in [4.78, 5) is 13.6. The summed E-state index contributed by atoms with van der Waals surface area (Å²) in [6.07, 6.45) is 1.93. The van der Waals surface area contributed by atoms with Gasteiger partial charge in [0.25, 0.3) is 0 Å². The smallest absolute Gasteiger partial charge is 0.222 e. The number of hydrogen-bond donors (Lipinski definition) is 2. The highest BCUT2D eigenvalue weighted by molar-refractivity contribution is 6.30. The highest BCUT2D eigenvalue weighted by Crippen LogP contribution is 2.27. The molecule has 0 bridgehead atoms. The van der Waals surface area contributed by atoms with E-state index in [0.29, 0.717) is 5.02 Å². The highest BCUT2D eigenvalue weighted by Gasteiger charge is 2.32. The molecule has 1 fully saturated rings. The van der Waals surface area contributed by atoms with Gasteiger partial charge in [-0.25, -0.2) is 4.99 Å². The van der Waals surface area contributed by atoms with Gasteiger partial charge in [0.15, 0.2) is 0 Å². The maximum atomic E-state index is 6.10. The number of nitrogens with one attached hydrogen (secondary N) is 1. The van der Waals surface area contributed by atoms with Crippen LogP contribution in [0.25, 0.3) is 0 Å². The Morgan fingerprint density at radius 1 is 1.04 bits per heavy atom. The average Bonchev–Trinajstić information content (AvgIpc) is 3.20. The molecule has 7 heteroatoms. The molecule has 1 unspecified atom stereocenters. The van der Waals surface area contributed by atoms with Gasteiger partial charge in [-0.3, -0.25) is 4.90 Å². The third kappa shape index (κ3) is 3.78. The van der Waals surface area contributed by atoms with Crippen molar-refractivity contribution in [2.24, 2.45) is 15.7 Å². The second-order valence-corrected chi connectivity index (χ2v) is 7.69. The van der Waals surface area contributed by atoms with Crippen LogP contribution >= 0.6 is 11.6 Å². The van der Waals surface area contributed by atoms with Crippen molar-refractivity contribution in [3.05, 3.63) is 58.6 Å². The number of anilines is 2. The second kappa shape index (κ2) is 7.72. The maximum absolute atomic E-state index is 6.10. The number of aryl methyl sites for hydroxylation is 2. The molecule has 3 N–H and O–H groups in total. The Balaban J connectivity index is 1.74. The zero-order chi connectivity index (χ0) is 19.7. The molecule has 2 heterocycles. The van der Waals surface area contributed by atoms with Crippen molar-refractivity contribution in [2.45, 2.75) is 33.0 Å². The van der Waals surface area contributed by atoms with E-state index in [1.807, 2.05) is 24.3 Å². The van der Waals surface area contributed by atoms with E-state index in [0.717, 1.165) is 43.3 Å². The summed E-state index contributed by atoms with van der Waals surface area (Å²) in [5.74, 6) is 1.13. The normalized spacial score (nSPS) is 19.5. The number of aliphatic imine (C=N–C) groups is 2. The monoisotopic (exact) mass is 396 g/mol. The van der Waals surface area contributed by atoms with Crippen molar-refractivity contribution in [1.82, 2.24) is 4.90 Å². The Bertz CT molecular complexity index is 915. The van der Waals surface area contributed by atoms with Crippen LogP contribution in [0.15, 0.2) is 52.4 Å². The molecule has 0 aliphatic carbocycles. The highest BCUT2D eigenvalue weighted by atomic mass is 35.5. The molecule has 0 saturated carbocycles. The van der Waals surface area contributed by atoms with Gasteiger partial charge in [-0.2, -0.15) is 4.99 Å². The van der Waals surface area contributed by atoms with E-state index in [1.54, 1.807) is 0 Å². The first kappa shape index (κ1) is 18.6. The maximum Gasteiger partial charge on any atom is 0.222 e. The Morgan fingerprint density at radius 3 is 2.43 bits per heavy atom. The van der Waals surface area contributed by atoms with Crippen LogP contribution in [0.4, 0.5) is 11.4 Å². The first-order valence-corrected chi connectivity index (χ1v) is 9.94. The Kier molecular flexibility index (Phi) is 5.13. The summed E-state index contributed by atoms with van der Waals surface area (Å²) >= 11 is 6.03. The average molecular weight is 397 g/mol. The second-order valence-electron chi connectivity index (χ2n) is 7.26. The quantitative estimate of drug-likeness (QED) is 0.824. The van der Waals surface area contributed by atoms with Gasteiger partial charge in [0.1, 0.15) is 0 Å². The number of guanidine groups is 2. The van der Waals surface area contributed by atoms with Crippen LogP contribution in [0.3, 0.4) is 0 Å². The summed E-state index contributed by atoms with van der Waals surface area (Å²) < 4.78 is 0. The first-order chi connectivity index (χ1) is 13.5. The first-order valence-electron chi connectivity index (χ1n) is 9.57. The molecule has 0 aromatic heterocycles. The van der Waals surface area contributed by atoms with Gasteiger partial charge in [0, 0.05) is 29.5 Å². The predicted octanol–water partition coefficient (Wildman–Crippen LogP) is 3.94. The van der Waals surface area contributed by atoms with Gasteiger partial charge >= 0.3 is 0 Å². The van der Waals surface area contributed by atoms with Crippen LogP contribution in [-0.2, 0) is 0 Å². The minimum absolute atomic E-state index is 0.286. The summed E-state index contributed by atoms with van der Waals surface area (Å²) in [5.41, 5.74) is 10.5. The molecular formula is C21H25ClN6. The predicted molar refractivity (Wildman–Crippen MR) is 117 cm³/mol. The summed E-state index contributed by atoms with van der Waals surface area (Å²) in [7, 11) is 0. The number of halogens is 1. The molecule has 0 radical (unpaired) electrons. The fraction of sp³-hybridized carbons (Fsp3) is 0.333. The van der Waals surface area contributed by atoms with Crippen LogP contribution in [0, 0.1) is 13.8 Å². The lowest BCUT2D eigenvalue weighted by molar-refractivity contribution is 0.497. The molecule has 4 rings (SSSR count). The van der Waals surface area contributed by atoms with Crippen molar-refractivity contribution in [3.63, 3.8) is 0 Å². The fourth-order valence-corrected chi connectivity index (χ4v) is 3.67. The largest absolute Gasteiger partial charge is 0.368 e. The topological polar surface area (TPSA) is 69.2 Å². The molecule has 2 aromatic carbocycles. The van der Waals surface area contributed by atoms with Crippen molar-refractivity contribution in [1.29, 1.82) is 0 Å². The Labute approximate surface area is 170 Å². The minimum Gasteiger partial charge on any atom is -0.368 e. The van der Waals surface area contributed by atoms with E-state index in [-0.39, 0.29) is 5.96 Å². The minimum atomic E-state index is -0.392. The van der Waals surface area contributed by atoms with Crippen molar-refractivity contribution in [3.8, 4) is 0 Å². The molecule has 0 amide bonds. The molecule has 6 nitrogen and oxygen atoms in total. The number of likely N-dealkylation sites (tertiary alicyclic amines) is 1. The van der Waals surface area contributed by atoms with Crippen molar-refractivity contribution < 1.29 is 0 Å². The molecule has 0 spiro atoms. The summed E-state index contributed by atoms with van der Waals surface area (Å²) in [5, 5.41) is 4.16. The third-order valence-corrected chi connectivity index (χ3v) is 5.48. The molecule has 1 atom stereocenters. The SMILES string of the molecule is Cc1ccc(N2C(N3CCCC3)=NC(N)=NC2Nc2ccc(Cl)cc2)cc1C.